The summed E-state index contributed by atoms with van der Waals surface area (Å²) in [6.07, 6.45) is 2.10. The number of amides is 2. The third-order valence-corrected chi connectivity index (χ3v) is 8.61. The Bertz CT molecular complexity index is 1170. The Hall–Kier alpha value is -2.72. The van der Waals surface area contributed by atoms with E-state index in [1.165, 1.54) is 8.99 Å². The molecule has 3 heterocycles. The molecule has 2 aromatic rings. The van der Waals surface area contributed by atoms with Gasteiger partial charge in [-0.25, -0.2) is 8.42 Å². The highest BCUT2D eigenvalue weighted by atomic mass is 32.2. The van der Waals surface area contributed by atoms with E-state index in [-0.39, 0.29) is 35.7 Å². The van der Waals surface area contributed by atoms with Gasteiger partial charge in [-0.15, -0.1) is 0 Å². The molecule has 2 amide bonds. The van der Waals surface area contributed by atoms with E-state index in [4.69, 9.17) is 0 Å². The third kappa shape index (κ3) is 4.41. The minimum Gasteiger partial charge on any atom is -0.356 e. The first-order valence-corrected chi connectivity index (χ1v) is 12.9. The number of aryl methyl sites for hydroxylation is 1. The molecule has 1 unspecified atom stereocenters. The van der Waals surface area contributed by atoms with Crippen molar-refractivity contribution in [3.05, 3.63) is 41.2 Å². The van der Waals surface area contributed by atoms with Gasteiger partial charge in [0.1, 0.15) is 11.4 Å². The highest BCUT2D eigenvalue weighted by molar-refractivity contribution is 7.89. The number of nitrogens with zero attached hydrogens (tertiary/aromatic N) is 4. The molecule has 1 N–H and O–H groups in total. The third-order valence-electron chi connectivity index (χ3n) is 6.49. The van der Waals surface area contributed by atoms with Crippen LogP contribution < -0.4 is 10.2 Å². The van der Waals surface area contributed by atoms with E-state index in [0.29, 0.717) is 43.9 Å². The molecule has 0 radical (unpaired) electrons. The van der Waals surface area contributed by atoms with Crippen molar-refractivity contribution < 1.29 is 18.0 Å². The molecule has 0 aliphatic carbocycles. The fourth-order valence-corrected chi connectivity index (χ4v) is 6.74. The van der Waals surface area contributed by atoms with Gasteiger partial charge < -0.3 is 10.2 Å². The Morgan fingerprint density at radius 1 is 1.18 bits per heavy atom. The summed E-state index contributed by atoms with van der Waals surface area (Å²) in [6, 6.07) is 7.81. The van der Waals surface area contributed by atoms with E-state index < -0.39 is 10.0 Å². The standard InChI is InChI=1S/C23H31N5O4S/c1-4-24-23(30)19-9-7-12-26(14-19)33(31,32)22-16(2)25-28(17(22)3)15-21(29)27-13-11-18-8-5-6-10-20(18)27/h5-6,8,10,19H,4,7,9,11-15H2,1-3H3,(H,24,30). The number of rotatable bonds is 6. The zero-order valence-electron chi connectivity index (χ0n) is 19.4. The van der Waals surface area contributed by atoms with E-state index in [0.717, 1.165) is 17.7 Å². The maximum absolute atomic E-state index is 13.5. The quantitative estimate of drug-likeness (QED) is 0.687. The smallest absolute Gasteiger partial charge is 0.248 e. The number of para-hydroxylation sites is 1. The Morgan fingerprint density at radius 2 is 1.94 bits per heavy atom. The van der Waals surface area contributed by atoms with Gasteiger partial charge in [0.15, 0.2) is 0 Å². The van der Waals surface area contributed by atoms with Gasteiger partial charge in [0, 0.05) is 31.9 Å². The van der Waals surface area contributed by atoms with Crippen LogP contribution in [0.2, 0.25) is 0 Å². The van der Waals surface area contributed by atoms with Crippen molar-refractivity contribution in [3.8, 4) is 0 Å². The maximum Gasteiger partial charge on any atom is 0.248 e. The summed E-state index contributed by atoms with van der Waals surface area (Å²) < 4.78 is 29.9. The molecule has 0 spiro atoms. The van der Waals surface area contributed by atoms with Gasteiger partial charge in [-0.3, -0.25) is 14.3 Å². The van der Waals surface area contributed by atoms with Crippen molar-refractivity contribution in [2.75, 3.05) is 31.1 Å². The van der Waals surface area contributed by atoms with Crippen molar-refractivity contribution in [3.63, 3.8) is 0 Å². The van der Waals surface area contributed by atoms with Gasteiger partial charge in [0.05, 0.1) is 17.3 Å². The summed E-state index contributed by atoms with van der Waals surface area (Å²) in [5.74, 6) is -0.595. The lowest BCUT2D eigenvalue weighted by Gasteiger charge is -2.31. The van der Waals surface area contributed by atoms with Gasteiger partial charge in [0.25, 0.3) is 0 Å². The van der Waals surface area contributed by atoms with Crippen molar-refractivity contribution >= 4 is 27.5 Å². The van der Waals surface area contributed by atoms with Crippen molar-refractivity contribution in [2.45, 2.75) is 51.5 Å². The second kappa shape index (κ2) is 9.26. The molecule has 1 atom stereocenters. The molecule has 2 aliphatic rings. The number of carbonyl (C=O) groups is 2. The van der Waals surface area contributed by atoms with Crippen LogP contribution >= 0.6 is 0 Å². The number of nitrogens with one attached hydrogen (secondary N) is 1. The van der Waals surface area contributed by atoms with Crippen LogP contribution in [-0.2, 0) is 32.6 Å². The minimum atomic E-state index is -3.84. The minimum absolute atomic E-state index is 0.0297. The molecule has 1 aromatic heterocycles. The summed E-state index contributed by atoms with van der Waals surface area (Å²) in [4.78, 5) is 27.2. The van der Waals surface area contributed by atoms with Gasteiger partial charge in [0.2, 0.25) is 21.8 Å². The van der Waals surface area contributed by atoms with Crippen LogP contribution in [0, 0.1) is 19.8 Å². The van der Waals surface area contributed by atoms with Crippen molar-refractivity contribution in [1.82, 2.24) is 19.4 Å². The summed E-state index contributed by atoms with van der Waals surface area (Å²) in [6.45, 7) is 6.80. The first-order chi connectivity index (χ1) is 15.7. The molecule has 2 aliphatic heterocycles. The molecule has 4 rings (SSSR count). The van der Waals surface area contributed by atoms with Crippen LogP contribution in [0.3, 0.4) is 0 Å². The predicted octanol–water partition coefficient (Wildman–Crippen LogP) is 1.63. The summed E-state index contributed by atoms with van der Waals surface area (Å²) in [7, 11) is -3.84. The highest BCUT2D eigenvalue weighted by Crippen LogP contribution is 2.30. The first kappa shape index (κ1) is 23.4. The molecule has 0 bridgehead atoms. The van der Waals surface area contributed by atoms with Crippen LogP contribution in [0.4, 0.5) is 5.69 Å². The molecule has 0 saturated carbocycles. The van der Waals surface area contributed by atoms with Gasteiger partial charge in [-0.05, 0) is 51.7 Å². The fourth-order valence-electron chi connectivity index (χ4n) is 4.84. The Morgan fingerprint density at radius 3 is 2.70 bits per heavy atom. The van der Waals surface area contributed by atoms with E-state index in [9.17, 15) is 18.0 Å². The lowest BCUT2D eigenvalue weighted by atomic mass is 9.99. The number of benzene rings is 1. The van der Waals surface area contributed by atoms with Crippen LogP contribution in [0.1, 0.15) is 36.7 Å². The Balaban J connectivity index is 1.55. The van der Waals surface area contributed by atoms with Gasteiger partial charge in [-0.2, -0.15) is 9.40 Å². The van der Waals surface area contributed by atoms with Crippen LogP contribution in [0.25, 0.3) is 0 Å². The number of anilines is 1. The van der Waals surface area contributed by atoms with Gasteiger partial charge in [-0.1, -0.05) is 18.2 Å². The van der Waals surface area contributed by atoms with Gasteiger partial charge >= 0.3 is 0 Å². The molecule has 10 heteroatoms. The summed E-state index contributed by atoms with van der Waals surface area (Å²) in [5, 5.41) is 7.20. The number of fused-ring (bicyclic) bond motifs is 1. The van der Waals surface area contributed by atoms with E-state index >= 15 is 0 Å². The Kier molecular flexibility index (Phi) is 6.58. The number of aromatic nitrogens is 2. The average molecular weight is 474 g/mol. The molecular formula is C23H31N5O4S. The van der Waals surface area contributed by atoms with E-state index in [2.05, 4.69) is 10.4 Å². The van der Waals surface area contributed by atoms with Crippen molar-refractivity contribution in [2.24, 2.45) is 5.92 Å². The normalized spacial score (nSPS) is 18.9. The lowest BCUT2D eigenvalue weighted by molar-refractivity contribution is -0.126. The average Bonchev–Trinajstić information content (AvgIpc) is 3.34. The fraction of sp³-hybridized carbons (Fsp3) is 0.522. The molecule has 1 aromatic carbocycles. The number of carbonyl (C=O) groups excluding carboxylic acids is 2. The van der Waals surface area contributed by atoms with Crippen LogP contribution in [-0.4, -0.2) is 60.5 Å². The molecule has 1 saturated heterocycles. The number of sulfonamides is 1. The van der Waals surface area contributed by atoms with E-state index in [1.54, 1.807) is 18.7 Å². The monoisotopic (exact) mass is 473 g/mol. The molecule has 178 valence electrons. The second-order valence-corrected chi connectivity index (χ2v) is 10.6. The van der Waals surface area contributed by atoms with Crippen LogP contribution in [0.5, 0.6) is 0 Å². The van der Waals surface area contributed by atoms with Crippen LogP contribution in [0.15, 0.2) is 29.2 Å². The van der Waals surface area contributed by atoms with Crippen molar-refractivity contribution in [1.29, 1.82) is 0 Å². The molecule has 9 nitrogen and oxygen atoms in total. The topological polar surface area (TPSA) is 105 Å². The lowest BCUT2D eigenvalue weighted by Crippen LogP contribution is -2.45. The largest absolute Gasteiger partial charge is 0.356 e. The summed E-state index contributed by atoms with van der Waals surface area (Å²) in [5.41, 5.74) is 2.84. The Labute approximate surface area is 194 Å². The molecule has 1 fully saturated rings. The molecule has 33 heavy (non-hydrogen) atoms. The SMILES string of the molecule is CCNC(=O)C1CCCN(S(=O)(=O)c2c(C)nn(CC(=O)N3CCc4ccccc43)c2C)C1. The zero-order valence-corrected chi connectivity index (χ0v) is 20.2. The highest BCUT2D eigenvalue weighted by Gasteiger charge is 2.36. The second-order valence-electron chi connectivity index (χ2n) is 8.68. The number of hydrogen-bond acceptors (Lipinski definition) is 5. The summed E-state index contributed by atoms with van der Waals surface area (Å²) >= 11 is 0. The van der Waals surface area contributed by atoms with E-state index in [1.807, 2.05) is 31.2 Å². The zero-order chi connectivity index (χ0) is 23.8. The number of piperidine rings is 1. The maximum atomic E-state index is 13.5. The predicted molar refractivity (Wildman–Crippen MR) is 124 cm³/mol. The first-order valence-electron chi connectivity index (χ1n) is 11.4. The number of hydrogen-bond donors (Lipinski definition) is 1. The molecular weight excluding hydrogens is 442 g/mol.